The highest BCUT2D eigenvalue weighted by Crippen LogP contribution is 2.81. The molecule has 1 spiro atoms. The predicted octanol–water partition coefficient (Wildman–Crippen LogP) is 2.14. The molecule has 3 aliphatic carbocycles. The minimum atomic E-state index is -0.987. The fraction of sp³-hybridized carbons (Fsp3) is 0.524. The van der Waals surface area contributed by atoms with Gasteiger partial charge in [0, 0.05) is 4.47 Å². The van der Waals surface area contributed by atoms with Gasteiger partial charge in [-0.05, 0) is 74.2 Å². The largest absolute Gasteiger partial charge is 0.369 e. The molecule has 0 radical (unpaired) electrons. The maximum atomic E-state index is 13.1. The molecule has 0 unspecified atom stereocenters. The van der Waals surface area contributed by atoms with Gasteiger partial charge in [0.2, 0.25) is 11.8 Å². The zero-order valence-corrected chi connectivity index (χ0v) is 17.1. The summed E-state index contributed by atoms with van der Waals surface area (Å²) in [5.74, 6) is -0.829. The van der Waals surface area contributed by atoms with E-state index in [1.165, 1.54) is 0 Å². The maximum absolute atomic E-state index is 13.1. The van der Waals surface area contributed by atoms with Gasteiger partial charge in [-0.2, -0.15) is 0 Å². The molecule has 144 valence electrons. The van der Waals surface area contributed by atoms with Crippen LogP contribution in [-0.2, 0) is 16.0 Å². The van der Waals surface area contributed by atoms with Gasteiger partial charge >= 0.3 is 0 Å². The van der Waals surface area contributed by atoms with Crippen molar-refractivity contribution < 1.29 is 9.59 Å². The second-order valence-corrected chi connectivity index (χ2v) is 9.32. The summed E-state index contributed by atoms with van der Waals surface area (Å²) < 4.78 is 0.974. The summed E-state index contributed by atoms with van der Waals surface area (Å²) in [5.41, 5.74) is 11.2. The monoisotopic (exact) mass is 431 g/mol. The molecule has 2 amide bonds. The van der Waals surface area contributed by atoms with Crippen LogP contribution in [-0.4, -0.2) is 25.4 Å². The molecule has 2 saturated carbocycles. The van der Waals surface area contributed by atoms with E-state index in [0.717, 1.165) is 22.9 Å². The molecule has 2 bridgehead atoms. The lowest BCUT2D eigenvalue weighted by Crippen LogP contribution is -2.61. The van der Waals surface area contributed by atoms with Crippen molar-refractivity contribution in [2.24, 2.45) is 39.5 Å². The minimum absolute atomic E-state index is 0.0104. The van der Waals surface area contributed by atoms with Gasteiger partial charge in [-0.15, -0.1) is 0 Å². The third-order valence-electron chi connectivity index (χ3n) is 7.46. The summed E-state index contributed by atoms with van der Waals surface area (Å²) in [7, 11) is 1.85. The molecular weight excluding hydrogens is 406 g/mol. The van der Waals surface area contributed by atoms with E-state index in [2.05, 4.69) is 33.4 Å². The first-order chi connectivity index (χ1) is 12.8. The van der Waals surface area contributed by atoms with Crippen LogP contribution in [0.4, 0.5) is 0 Å². The highest BCUT2D eigenvalue weighted by Gasteiger charge is 2.81. The molecule has 6 heteroatoms. The zero-order chi connectivity index (χ0) is 19.4. The van der Waals surface area contributed by atoms with E-state index < -0.39 is 22.6 Å². The quantitative estimate of drug-likeness (QED) is 0.576. The van der Waals surface area contributed by atoms with Crippen molar-refractivity contribution in [2.75, 3.05) is 13.6 Å². The summed E-state index contributed by atoms with van der Waals surface area (Å²) in [5, 5.41) is 3.14. The molecule has 5 N–H and O–H groups in total. The van der Waals surface area contributed by atoms with Gasteiger partial charge in [0.25, 0.3) is 0 Å². The van der Waals surface area contributed by atoms with Crippen molar-refractivity contribution >= 4 is 27.7 Å². The average Bonchev–Trinajstić information content (AvgIpc) is 3.29. The first kappa shape index (κ1) is 18.7. The van der Waals surface area contributed by atoms with E-state index in [-0.39, 0.29) is 17.3 Å². The van der Waals surface area contributed by atoms with Crippen molar-refractivity contribution in [3.8, 4) is 0 Å². The Kier molecular flexibility index (Phi) is 4.27. The standard InChI is InChI=1S/C21H26BrN3O2/c1-25-11-10-20(17(23)26)15-6-7-16(19(15)8-9-19)21(20,18(24)27)12-13-2-4-14(22)5-3-13/h2-7,15-16,25H,8-12H2,1H3,(H2,23,26)(H2,24,27)/t15-,16+,20+,21+/m1/s1. The van der Waals surface area contributed by atoms with E-state index in [1.54, 1.807) is 0 Å². The first-order valence-electron chi connectivity index (χ1n) is 9.52. The number of carbonyl (C=O) groups is 2. The van der Waals surface area contributed by atoms with Gasteiger partial charge in [0.05, 0.1) is 10.8 Å². The molecule has 5 nitrogen and oxygen atoms in total. The Hall–Kier alpha value is -1.66. The van der Waals surface area contributed by atoms with Gasteiger partial charge in [-0.3, -0.25) is 9.59 Å². The Balaban J connectivity index is 1.90. The van der Waals surface area contributed by atoms with Gasteiger partial charge in [-0.25, -0.2) is 0 Å². The number of allylic oxidation sites excluding steroid dienone is 2. The van der Waals surface area contributed by atoms with Crippen LogP contribution in [0.3, 0.4) is 0 Å². The Morgan fingerprint density at radius 2 is 1.63 bits per heavy atom. The lowest BCUT2D eigenvalue weighted by atomic mass is 9.53. The topological polar surface area (TPSA) is 98.2 Å². The zero-order valence-electron chi connectivity index (χ0n) is 15.5. The van der Waals surface area contributed by atoms with Crippen LogP contribution < -0.4 is 16.8 Å². The Morgan fingerprint density at radius 1 is 1.07 bits per heavy atom. The van der Waals surface area contributed by atoms with Crippen LogP contribution in [0.2, 0.25) is 0 Å². The number of hydrogen-bond acceptors (Lipinski definition) is 3. The fourth-order valence-corrected chi connectivity index (χ4v) is 6.54. The fourth-order valence-electron chi connectivity index (χ4n) is 6.28. The molecule has 3 aliphatic rings. The lowest BCUT2D eigenvalue weighted by molar-refractivity contribution is -0.151. The normalized spacial score (nSPS) is 34.9. The Bertz CT molecular complexity index is 817. The Labute approximate surface area is 168 Å². The summed E-state index contributed by atoms with van der Waals surface area (Å²) in [6, 6.07) is 7.90. The smallest absolute Gasteiger partial charge is 0.225 e. The van der Waals surface area contributed by atoms with Gasteiger partial charge in [0.15, 0.2) is 0 Å². The summed E-state index contributed by atoms with van der Waals surface area (Å²) >= 11 is 3.46. The molecule has 4 atom stereocenters. The third-order valence-corrected chi connectivity index (χ3v) is 7.99. The van der Waals surface area contributed by atoms with Crippen molar-refractivity contribution in [3.63, 3.8) is 0 Å². The number of carbonyl (C=O) groups excluding carboxylic acids is 2. The van der Waals surface area contributed by atoms with Crippen molar-refractivity contribution in [1.29, 1.82) is 0 Å². The minimum Gasteiger partial charge on any atom is -0.369 e. The van der Waals surface area contributed by atoms with Crippen LogP contribution in [0.5, 0.6) is 0 Å². The number of halogens is 1. The Morgan fingerprint density at radius 3 is 2.11 bits per heavy atom. The van der Waals surface area contributed by atoms with Crippen LogP contribution in [0.15, 0.2) is 40.9 Å². The van der Waals surface area contributed by atoms with E-state index in [9.17, 15) is 9.59 Å². The highest BCUT2D eigenvalue weighted by molar-refractivity contribution is 9.10. The average molecular weight is 432 g/mol. The second-order valence-electron chi connectivity index (χ2n) is 8.40. The van der Waals surface area contributed by atoms with E-state index >= 15 is 0 Å². The summed E-state index contributed by atoms with van der Waals surface area (Å²) in [6.45, 7) is 0.617. The van der Waals surface area contributed by atoms with E-state index in [0.29, 0.717) is 19.4 Å². The molecular formula is C21H26BrN3O2. The number of primary amides is 2. The molecule has 1 aromatic rings. The van der Waals surface area contributed by atoms with Crippen LogP contribution >= 0.6 is 15.9 Å². The van der Waals surface area contributed by atoms with E-state index in [4.69, 9.17) is 11.5 Å². The number of benzene rings is 1. The van der Waals surface area contributed by atoms with Crippen molar-refractivity contribution in [3.05, 3.63) is 46.5 Å². The molecule has 27 heavy (non-hydrogen) atoms. The number of amides is 2. The molecule has 0 heterocycles. The van der Waals surface area contributed by atoms with Crippen molar-refractivity contribution in [1.82, 2.24) is 5.32 Å². The van der Waals surface area contributed by atoms with Gasteiger partial charge in [0.1, 0.15) is 0 Å². The molecule has 2 fully saturated rings. The summed E-state index contributed by atoms with van der Waals surface area (Å²) in [6.07, 6.45) is 7.29. The highest BCUT2D eigenvalue weighted by atomic mass is 79.9. The SMILES string of the molecule is CNCC[C@@]1(C(N)=O)[C@@H]2C=C[C@@H](C23CC3)[C@@]1(Cc1ccc(Br)cc1)C(N)=O. The van der Waals surface area contributed by atoms with Gasteiger partial charge in [-0.1, -0.05) is 40.2 Å². The molecule has 4 rings (SSSR count). The molecule has 0 aromatic heterocycles. The number of nitrogens with one attached hydrogen (secondary N) is 1. The van der Waals surface area contributed by atoms with Crippen molar-refractivity contribution in [2.45, 2.75) is 25.7 Å². The van der Waals surface area contributed by atoms with Crippen LogP contribution in [0.1, 0.15) is 24.8 Å². The molecule has 0 saturated heterocycles. The van der Waals surface area contributed by atoms with Crippen LogP contribution in [0, 0.1) is 28.1 Å². The maximum Gasteiger partial charge on any atom is 0.225 e. The first-order valence-corrected chi connectivity index (χ1v) is 10.3. The lowest BCUT2D eigenvalue weighted by Gasteiger charge is -2.48. The van der Waals surface area contributed by atoms with Crippen LogP contribution in [0.25, 0.3) is 0 Å². The molecule has 0 aliphatic heterocycles. The second kappa shape index (κ2) is 6.17. The van der Waals surface area contributed by atoms with Gasteiger partial charge < -0.3 is 16.8 Å². The number of rotatable bonds is 7. The molecule has 1 aromatic carbocycles. The number of nitrogens with two attached hydrogens (primary N) is 2. The predicted molar refractivity (Wildman–Crippen MR) is 107 cm³/mol. The van der Waals surface area contributed by atoms with E-state index in [1.807, 2.05) is 31.3 Å². The summed E-state index contributed by atoms with van der Waals surface area (Å²) in [4.78, 5) is 26.2. The third kappa shape index (κ3) is 2.26. The number of hydrogen-bond donors (Lipinski definition) is 3.